The number of hydrogen-bond donors (Lipinski definition) is 1. The maximum Gasteiger partial charge on any atom is 0.142 e. The number of halogens is 4. The molecule has 20 heavy (non-hydrogen) atoms. The van der Waals surface area contributed by atoms with Crippen LogP contribution in [0.5, 0.6) is 0 Å². The molecule has 0 saturated carbocycles. The monoisotopic (exact) mass is 351 g/mol. The summed E-state index contributed by atoms with van der Waals surface area (Å²) in [4.78, 5) is 0. The van der Waals surface area contributed by atoms with Gasteiger partial charge in [0.25, 0.3) is 0 Å². The molecule has 0 aliphatic rings. The number of thiophene rings is 1. The largest absolute Gasteiger partial charge is 0.306 e. The standard InChI is InChI=1S/C14H13Cl3FNS/c1-2-5-19-13(9-7-12(16)20-14(9)17)8-3-4-10(15)11(18)6-8/h3-4,6-7,13,19H,2,5H2,1H3. The van der Waals surface area contributed by atoms with Crippen LogP contribution in [0.15, 0.2) is 24.3 Å². The molecule has 0 spiro atoms. The van der Waals surface area contributed by atoms with E-state index in [1.54, 1.807) is 12.1 Å². The quantitative estimate of drug-likeness (QED) is 0.702. The highest BCUT2D eigenvalue weighted by atomic mass is 35.5. The second-order valence-corrected chi connectivity index (χ2v) is 7.03. The average molecular weight is 353 g/mol. The van der Waals surface area contributed by atoms with Crippen molar-refractivity contribution >= 4 is 46.1 Å². The predicted octanol–water partition coefficient (Wildman–Crippen LogP) is 5.94. The van der Waals surface area contributed by atoms with Gasteiger partial charge in [-0.2, -0.15) is 0 Å². The Morgan fingerprint density at radius 1 is 1.25 bits per heavy atom. The first-order valence-electron chi connectivity index (χ1n) is 6.16. The molecule has 0 amide bonds. The Morgan fingerprint density at radius 3 is 2.55 bits per heavy atom. The van der Waals surface area contributed by atoms with Crippen LogP contribution in [0.2, 0.25) is 13.7 Å². The van der Waals surface area contributed by atoms with Gasteiger partial charge in [-0.25, -0.2) is 4.39 Å². The Morgan fingerprint density at radius 2 is 2.00 bits per heavy atom. The van der Waals surface area contributed by atoms with Gasteiger partial charge in [-0.3, -0.25) is 0 Å². The van der Waals surface area contributed by atoms with Gasteiger partial charge in [0.05, 0.1) is 19.7 Å². The van der Waals surface area contributed by atoms with E-state index < -0.39 is 5.82 Å². The predicted molar refractivity (Wildman–Crippen MR) is 85.9 cm³/mol. The smallest absolute Gasteiger partial charge is 0.142 e. The van der Waals surface area contributed by atoms with Crippen LogP contribution >= 0.6 is 46.1 Å². The molecule has 2 aromatic rings. The number of nitrogens with one attached hydrogen (secondary N) is 1. The lowest BCUT2D eigenvalue weighted by Gasteiger charge is -2.19. The summed E-state index contributed by atoms with van der Waals surface area (Å²) in [6.45, 7) is 2.85. The molecule has 0 aliphatic carbocycles. The van der Waals surface area contributed by atoms with Gasteiger partial charge in [0.2, 0.25) is 0 Å². The SMILES string of the molecule is CCCNC(c1ccc(Cl)c(F)c1)c1cc(Cl)sc1Cl. The molecule has 1 aromatic heterocycles. The molecular formula is C14H13Cl3FNS. The number of hydrogen-bond acceptors (Lipinski definition) is 2. The third kappa shape index (κ3) is 3.66. The molecule has 1 N–H and O–H groups in total. The van der Waals surface area contributed by atoms with E-state index in [4.69, 9.17) is 34.8 Å². The molecule has 0 fully saturated rings. The summed E-state index contributed by atoms with van der Waals surface area (Å²) in [5.74, 6) is -0.440. The van der Waals surface area contributed by atoms with Crippen molar-refractivity contribution in [1.29, 1.82) is 0 Å². The van der Waals surface area contributed by atoms with Crippen LogP contribution in [-0.4, -0.2) is 6.54 Å². The molecule has 0 radical (unpaired) electrons. The molecular weight excluding hydrogens is 340 g/mol. The maximum absolute atomic E-state index is 13.7. The second-order valence-electron chi connectivity index (χ2n) is 4.34. The lowest BCUT2D eigenvalue weighted by Crippen LogP contribution is -2.23. The molecule has 0 bridgehead atoms. The summed E-state index contributed by atoms with van der Waals surface area (Å²) < 4.78 is 14.9. The Kier molecular flexibility index (Phi) is 5.70. The fraction of sp³-hybridized carbons (Fsp3) is 0.286. The van der Waals surface area contributed by atoms with Crippen LogP contribution in [-0.2, 0) is 0 Å². The zero-order chi connectivity index (χ0) is 14.7. The highest BCUT2D eigenvalue weighted by Gasteiger charge is 2.20. The highest BCUT2D eigenvalue weighted by Crippen LogP contribution is 2.38. The molecule has 1 aromatic carbocycles. The van der Waals surface area contributed by atoms with E-state index in [9.17, 15) is 4.39 Å². The van der Waals surface area contributed by atoms with Crippen molar-refractivity contribution in [3.8, 4) is 0 Å². The summed E-state index contributed by atoms with van der Waals surface area (Å²) in [5, 5.41) is 3.47. The Bertz CT molecular complexity index is 600. The van der Waals surface area contributed by atoms with Crippen molar-refractivity contribution in [2.45, 2.75) is 19.4 Å². The zero-order valence-corrected chi connectivity index (χ0v) is 13.8. The van der Waals surface area contributed by atoms with Gasteiger partial charge in [0.1, 0.15) is 5.82 Å². The van der Waals surface area contributed by atoms with Crippen molar-refractivity contribution in [3.05, 3.63) is 54.9 Å². The summed E-state index contributed by atoms with van der Waals surface area (Å²) in [6, 6.07) is 6.39. The van der Waals surface area contributed by atoms with Crippen molar-refractivity contribution < 1.29 is 4.39 Å². The van der Waals surface area contributed by atoms with Gasteiger partial charge in [0, 0.05) is 5.56 Å². The van der Waals surface area contributed by atoms with Crippen molar-refractivity contribution in [2.24, 2.45) is 0 Å². The van der Waals surface area contributed by atoms with E-state index in [0.717, 1.165) is 24.1 Å². The van der Waals surface area contributed by atoms with E-state index >= 15 is 0 Å². The minimum Gasteiger partial charge on any atom is -0.306 e. The molecule has 2 rings (SSSR count). The average Bonchev–Trinajstić information content (AvgIpc) is 2.73. The molecule has 1 heterocycles. The van der Waals surface area contributed by atoms with E-state index in [-0.39, 0.29) is 11.1 Å². The Balaban J connectivity index is 2.41. The summed E-state index contributed by atoms with van der Waals surface area (Å²) in [5.41, 5.74) is 1.63. The van der Waals surface area contributed by atoms with Crippen LogP contribution in [0.25, 0.3) is 0 Å². The van der Waals surface area contributed by atoms with Gasteiger partial charge in [-0.1, -0.05) is 47.8 Å². The fourth-order valence-electron chi connectivity index (χ4n) is 1.94. The minimum atomic E-state index is -0.440. The van der Waals surface area contributed by atoms with Crippen LogP contribution in [0.4, 0.5) is 4.39 Å². The molecule has 0 saturated heterocycles. The van der Waals surface area contributed by atoms with Crippen molar-refractivity contribution in [2.75, 3.05) is 6.54 Å². The lowest BCUT2D eigenvalue weighted by atomic mass is 10.0. The van der Waals surface area contributed by atoms with Gasteiger partial charge in [0.15, 0.2) is 0 Å². The molecule has 1 nitrogen and oxygen atoms in total. The Hall–Kier alpha value is -0.320. The van der Waals surface area contributed by atoms with Crippen LogP contribution < -0.4 is 5.32 Å². The first-order valence-corrected chi connectivity index (χ1v) is 8.11. The van der Waals surface area contributed by atoms with E-state index in [1.165, 1.54) is 17.4 Å². The second kappa shape index (κ2) is 7.10. The third-order valence-corrected chi connectivity index (χ3v) is 4.69. The topological polar surface area (TPSA) is 12.0 Å². The lowest BCUT2D eigenvalue weighted by molar-refractivity contribution is 0.587. The van der Waals surface area contributed by atoms with Gasteiger partial charge < -0.3 is 5.32 Å². The maximum atomic E-state index is 13.7. The molecule has 6 heteroatoms. The number of rotatable bonds is 5. The third-order valence-electron chi connectivity index (χ3n) is 2.87. The van der Waals surface area contributed by atoms with Gasteiger partial charge >= 0.3 is 0 Å². The first-order chi connectivity index (χ1) is 9.52. The van der Waals surface area contributed by atoms with Crippen LogP contribution in [0.3, 0.4) is 0 Å². The van der Waals surface area contributed by atoms with Crippen LogP contribution in [0.1, 0.15) is 30.5 Å². The van der Waals surface area contributed by atoms with Gasteiger partial charge in [-0.05, 0) is 36.7 Å². The first kappa shape index (κ1) is 16.1. The van der Waals surface area contributed by atoms with E-state index in [1.807, 2.05) is 6.07 Å². The highest BCUT2D eigenvalue weighted by molar-refractivity contribution is 7.20. The van der Waals surface area contributed by atoms with Crippen molar-refractivity contribution in [3.63, 3.8) is 0 Å². The Labute approximate surface area is 136 Å². The van der Waals surface area contributed by atoms with Gasteiger partial charge in [-0.15, -0.1) is 11.3 Å². The van der Waals surface area contributed by atoms with Crippen molar-refractivity contribution in [1.82, 2.24) is 5.32 Å². The molecule has 108 valence electrons. The van der Waals surface area contributed by atoms with Crippen LogP contribution in [0, 0.1) is 5.82 Å². The molecule has 0 aliphatic heterocycles. The molecule has 1 unspecified atom stereocenters. The fourth-order valence-corrected chi connectivity index (χ4v) is 3.59. The summed E-state index contributed by atoms with van der Waals surface area (Å²) >= 11 is 19.2. The van der Waals surface area contributed by atoms with E-state index in [2.05, 4.69) is 12.2 Å². The number of benzene rings is 1. The normalized spacial score (nSPS) is 12.7. The summed E-state index contributed by atoms with van der Waals surface area (Å²) in [7, 11) is 0. The summed E-state index contributed by atoms with van der Waals surface area (Å²) in [6.07, 6.45) is 0.960. The minimum absolute atomic E-state index is 0.109. The zero-order valence-electron chi connectivity index (χ0n) is 10.7. The molecule has 1 atom stereocenters. The van der Waals surface area contributed by atoms with E-state index in [0.29, 0.717) is 8.67 Å².